The third-order valence-electron chi connectivity index (χ3n) is 19.5. The lowest BCUT2D eigenvalue weighted by molar-refractivity contribution is -0.140. The summed E-state index contributed by atoms with van der Waals surface area (Å²) in [6, 6.07) is 0. The zero-order valence-corrected chi connectivity index (χ0v) is 56.9. The van der Waals surface area contributed by atoms with Crippen LogP contribution in [0, 0.1) is 77.0 Å². The van der Waals surface area contributed by atoms with Gasteiger partial charge < -0.3 is 39.0 Å². The second-order valence-electron chi connectivity index (χ2n) is 28.4. The van der Waals surface area contributed by atoms with Crippen LogP contribution >= 0.6 is 0 Å². The van der Waals surface area contributed by atoms with Crippen molar-refractivity contribution < 1.29 is 48.3 Å². The van der Waals surface area contributed by atoms with Gasteiger partial charge in [-0.05, 0) is 182 Å². The van der Waals surface area contributed by atoms with Gasteiger partial charge in [-0.3, -0.25) is 19.2 Å². The van der Waals surface area contributed by atoms with Crippen LogP contribution in [0.5, 0.6) is 23.0 Å². The monoisotopic (exact) mass is 1190 g/mol. The maximum atomic E-state index is 13.5. The van der Waals surface area contributed by atoms with Crippen molar-refractivity contribution >= 4 is 23.8 Å². The number of hydrogen-bond donors (Lipinski definition) is 2. The molecule has 0 saturated heterocycles. The van der Waals surface area contributed by atoms with Gasteiger partial charge in [0.25, 0.3) is 0 Å². The number of rotatable bonds is 40. The maximum absolute atomic E-state index is 13.5. The molecule has 2 heterocycles. The average molecular weight is 1190 g/mol. The Hall–Kier alpha value is -4.16. The first kappa shape index (κ1) is 73.3. The zero-order valence-electron chi connectivity index (χ0n) is 56.9. The van der Waals surface area contributed by atoms with Crippen molar-refractivity contribution in [1.82, 2.24) is 9.80 Å². The van der Waals surface area contributed by atoms with Crippen LogP contribution in [0.3, 0.4) is 0 Å². The van der Waals surface area contributed by atoms with E-state index in [2.05, 4.69) is 69.2 Å². The average Bonchev–Trinajstić information content (AvgIpc) is 2.48. The molecule has 12 nitrogen and oxygen atoms in total. The number of esters is 2. The third-order valence-corrected chi connectivity index (χ3v) is 19.5. The molecule has 2 aliphatic heterocycles. The van der Waals surface area contributed by atoms with Crippen LogP contribution in [-0.2, 0) is 32.0 Å². The van der Waals surface area contributed by atoms with E-state index < -0.39 is 11.9 Å². The number of carbonyl (C=O) groups is 4. The molecule has 0 unspecified atom stereocenters. The highest BCUT2D eigenvalue weighted by atomic mass is 16.5. The third kappa shape index (κ3) is 24.0. The molecule has 6 atom stereocenters. The fraction of sp³-hybridized carbons (Fsp3) is 0.781. The van der Waals surface area contributed by atoms with Gasteiger partial charge in [-0.15, -0.1) is 0 Å². The minimum absolute atomic E-state index is 0.0658. The van der Waals surface area contributed by atoms with E-state index in [4.69, 9.17) is 18.9 Å². The SMILES string of the molecule is Cc1c(C)c2c(c(C)c1OC(=O)CCC(=O)N(CCO)CCCN(CCO)C(=O)CCC(=O)Oc1c(C)c(C)c3c(c1C)CC[C@@](C)(CCC[C@H](C)CCC[C@H](C)CCCC(C)C)O3)CC[C@@](C)(CCC[C@H](C)CCC[C@H](C)CCCC(C)C)O2. The molecule has 2 amide bonds. The summed E-state index contributed by atoms with van der Waals surface area (Å²) in [7, 11) is 0. The van der Waals surface area contributed by atoms with Gasteiger partial charge in [0.15, 0.2) is 0 Å². The second kappa shape index (κ2) is 36.4. The molecule has 2 aromatic rings. The summed E-state index contributed by atoms with van der Waals surface area (Å²) in [6.07, 6.45) is 25.9. The largest absolute Gasteiger partial charge is 0.487 e. The van der Waals surface area contributed by atoms with E-state index in [1.54, 1.807) is 0 Å². The summed E-state index contributed by atoms with van der Waals surface area (Å²) in [5, 5.41) is 19.8. The van der Waals surface area contributed by atoms with Crippen LogP contribution in [-0.4, -0.2) is 94.4 Å². The summed E-state index contributed by atoms with van der Waals surface area (Å²) in [6.45, 7) is 35.4. The van der Waals surface area contributed by atoms with Crippen LogP contribution in [0.2, 0.25) is 0 Å². The van der Waals surface area contributed by atoms with Gasteiger partial charge in [0.05, 0.1) is 26.1 Å². The first-order valence-corrected chi connectivity index (χ1v) is 34.0. The highest BCUT2D eigenvalue weighted by molar-refractivity contribution is 5.84. The van der Waals surface area contributed by atoms with Crippen molar-refractivity contribution in [1.29, 1.82) is 0 Å². The molecule has 2 aromatic carbocycles. The molecule has 0 radical (unpaired) electrons. The van der Waals surface area contributed by atoms with Gasteiger partial charge in [0.2, 0.25) is 11.8 Å². The number of benzene rings is 2. The molecule has 484 valence electrons. The molecule has 0 aromatic heterocycles. The summed E-state index contributed by atoms with van der Waals surface area (Å²) >= 11 is 0. The van der Waals surface area contributed by atoms with Crippen LogP contribution < -0.4 is 18.9 Å². The van der Waals surface area contributed by atoms with E-state index in [9.17, 15) is 29.4 Å². The normalized spacial score (nSPS) is 18.0. The molecule has 4 rings (SSSR count). The molecule has 0 saturated carbocycles. The fourth-order valence-corrected chi connectivity index (χ4v) is 13.3. The number of fused-ring (bicyclic) bond motifs is 2. The Morgan fingerprint density at radius 3 is 1.07 bits per heavy atom. The van der Waals surface area contributed by atoms with Crippen LogP contribution in [0.25, 0.3) is 0 Å². The molecule has 12 heteroatoms. The number of aliphatic hydroxyl groups is 2. The van der Waals surface area contributed by atoms with Crippen molar-refractivity contribution in [3.8, 4) is 23.0 Å². The lowest BCUT2D eigenvalue weighted by Gasteiger charge is -2.38. The Morgan fingerprint density at radius 1 is 0.435 bits per heavy atom. The van der Waals surface area contributed by atoms with Crippen LogP contribution in [0.15, 0.2) is 0 Å². The first-order chi connectivity index (χ1) is 40.2. The van der Waals surface area contributed by atoms with Crippen molar-refractivity contribution in [3.05, 3.63) is 44.5 Å². The number of amides is 2. The zero-order chi connectivity index (χ0) is 63.0. The van der Waals surface area contributed by atoms with E-state index >= 15 is 0 Å². The molecule has 0 spiro atoms. The number of aliphatic hydroxyl groups excluding tert-OH is 2. The van der Waals surface area contributed by atoms with E-state index in [0.717, 1.165) is 131 Å². The standard InChI is InChI=1S/C73H122N2O10/c1-50(2)24-17-26-52(5)28-19-30-54(7)32-21-40-72(15)42-38-62-60(13)68(56(9)58(11)70(62)84-72)82-66(80)36-34-64(78)74(46-48-76)44-23-45-75(47-49-77)65(79)35-37-67(81)83-69-57(10)59(12)71-63(61(69)14)39-43-73(16,85-71)41-22-33-55(8)31-20-29-53(6)27-18-25-51(3)4/h50-55,76-77H,17-49H2,1-16H3/t52-,53-,54-,55-,72-,73-/m1/s1. The van der Waals surface area contributed by atoms with Gasteiger partial charge in [-0.1, -0.05) is 145 Å². The number of carbonyl (C=O) groups excluding carboxylic acids is 4. The summed E-state index contributed by atoms with van der Waals surface area (Å²) < 4.78 is 25.8. The lowest BCUT2D eigenvalue weighted by atomic mass is 9.83. The van der Waals surface area contributed by atoms with Gasteiger partial charge in [0.1, 0.15) is 34.2 Å². The Kier molecular flexibility index (Phi) is 31.4. The Labute approximate surface area is 517 Å². The smallest absolute Gasteiger partial charge is 0.311 e. The Bertz CT molecular complexity index is 2250. The molecule has 0 fully saturated rings. The number of ether oxygens (including phenoxy) is 4. The van der Waals surface area contributed by atoms with E-state index in [1.165, 1.54) is 99.7 Å². The molecule has 85 heavy (non-hydrogen) atoms. The van der Waals surface area contributed by atoms with Crippen molar-refractivity contribution in [2.24, 2.45) is 35.5 Å². The topological polar surface area (TPSA) is 152 Å². The predicted molar refractivity (Wildman–Crippen MR) is 347 cm³/mol. The minimum atomic E-state index is -0.509. The molecule has 2 N–H and O–H groups in total. The lowest BCUT2D eigenvalue weighted by Crippen LogP contribution is -2.39. The van der Waals surface area contributed by atoms with Gasteiger partial charge in [-0.2, -0.15) is 0 Å². The highest BCUT2D eigenvalue weighted by Crippen LogP contribution is 2.47. The molecule has 0 aliphatic carbocycles. The van der Waals surface area contributed by atoms with Crippen molar-refractivity contribution in [3.63, 3.8) is 0 Å². The van der Waals surface area contributed by atoms with Crippen molar-refractivity contribution in [2.45, 2.75) is 295 Å². The maximum Gasteiger partial charge on any atom is 0.311 e. The summed E-state index contributed by atoms with van der Waals surface area (Å²) in [5.41, 5.74) is 7.07. The van der Waals surface area contributed by atoms with Gasteiger partial charge in [-0.25, -0.2) is 0 Å². The van der Waals surface area contributed by atoms with E-state index in [1.807, 2.05) is 41.5 Å². The molecular weight excluding hydrogens is 1060 g/mol. The molecular formula is C73H122N2O10. The Morgan fingerprint density at radius 2 is 0.753 bits per heavy atom. The second-order valence-corrected chi connectivity index (χ2v) is 28.4. The summed E-state index contributed by atoms with van der Waals surface area (Å²) in [4.78, 5) is 56.9. The Balaban J connectivity index is 1.21. The number of hydrogen-bond acceptors (Lipinski definition) is 10. The minimum Gasteiger partial charge on any atom is -0.487 e. The van der Waals surface area contributed by atoms with Crippen LogP contribution in [0.1, 0.15) is 274 Å². The number of nitrogens with zero attached hydrogens (tertiary/aromatic N) is 2. The molecule has 2 aliphatic rings. The summed E-state index contributed by atoms with van der Waals surface area (Å²) in [5.74, 6) is 5.84. The van der Waals surface area contributed by atoms with Crippen LogP contribution in [0.4, 0.5) is 0 Å². The molecule has 0 bridgehead atoms. The quantitative estimate of drug-likeness (QED) is 0.0487. The van der Waals surface area contributed by atoms with Gasteiger partial charge >= 0.3 is 11.9 Å². The highest BCUT2D eigenvalue weighted by Gasteiger charge is 2.37. The van der Waals surface area contributed by atoms with E-state index in [0.29, 0.717) is 29.8 Å². The first-order valence-electron chi connectivity index (χ1n) is 34.0. The fourth-order valence-electron chi connectivity index (χ4n) is 13.3. The van der Waals surface area contributed by atoms with E-state index in [-0.39, 0.29) is 88.1 Å². The van der Waals surface area contributed by atoms with Crippen molar-refractivity contribution in [2.75, 3.05) is 39.4 Å². The predicted octanol–water partition coefficient (Wildman–Crippen LogP) is 16.7. The van der Waals surface area contributed by atoms with Gasteiger partial charge in [0, 0.05) is 50.1 Å².